The SMILES string of the molecule is CCOc1cccc(OC(C=O)CNCC(O)CN2CCc3ccccc3C2)c1N(C)C=O. The van der Waals surface area contributed by atoms with Crippen molar-refractivity contribution in [2.75, 3.05) is 44.7 Å². The van der Waals surface area contributed by atoms with Crippen LogP contribution in [0.5, 0.6) is 11.5 Å². The van der Waals surface area contributed by atoms with Crippen LogP contribution in [0.4, 0.5) is 5.69 Å². The Morgan fingerprint density at radius 2 is 1.88 bits per heavy atom. The third-order valence-electron chi connectivity index (χ3n) is 5.61. The Labute approximate surface area is 195 Å². The van der Waals surface area contributed by atoms with Gasteiger partial charge in [-0.2, -0.15) is 0 Å². The van der Waals surface area contributed by atoms with E-state index in [-0.39, 0.29) is 6.54 Å². The lowest BCUT2D eigenvalue weighted by Gasteiger charge is -2.30. The fourth-order valence-corrected chi connectivity index (χ4v) is 4.02. The van der Waals surface area contributed by atoms with Crippen LogP contribution in [0.25, 0.3) is 0 Å². The van der Waals surface area contributed by atoms with E-state index in [1.54, 1.807) is 25.2 Å². The van der Waals surface area contributed by atoms with Crippen molar-refractivity contribution in [1.82, 2.24) is 10.2 Å². The lowest BCUT2D eigenvalue weighted by atomic mass is 10.00. The standard InChI is InChI=1S/C25H33N3O5/c1-3-32-23-9-6-10-24(25(23)27(2)18-30)33-22(17-29)14-26-13-21(31)16-28-12-11-19-7-4-5-8-20(19)15-28/h4-10,17-18,21-22,26,31H,3,11-16H2,1-2H3. The molecule has 1 aliphatic rings. The largest absolute Gasteiger partial charge is 0.492 e. The average Bonchev–Trinajstić information content (AvgIpc) is 2.83. The van der Waals surface area contributed by atoms with Gasteiger partial charge in [-0.3, -0.25) is 14.5 Å². The molecule has 2 unspecified atom stereocenters. The molecule has 0 aliphatic carbocycles. The summed E-state index contributed by atoms with van der Waals surface area (Å²) in [5.41, 5.74) is 3.15. The van der Waals surface area contributed by atoms with Gasteiger partial charge in [0.2, 0.25) is 6.41 Å². The van der Waals surface area contributed by atoms with Crippen LogP contribution in [0, 0.1) is 0 Å². The van der Waals surface area contributed by atoms with Crippen LogP contribution in [-0.4, -0.2) is 74.7 Å². The van der Waals surface area contributed by atoms with E-state index in [0.717, 1.165) is 19.5 Å². The van der Waals surface area contributed by atoms with Gasteiger partial charge in [0.1, 0.15) is 17.2 Å². The lowest BCUT2D eigenvalue weighted by molar-refractivity contribution is -0.113. The number of amides is 1. The highest BCUT2D eigenvalue weighted by atomic mass is 16.5. The number of aliphatic hydroxyl groups is 1. The molecule has 1 amide bonds. The van der Waals surface area contributed by atoms with Crippen LogP contribution in [0.2, 0.25) is 0 Å². The average molecular weight is 456 g/mol. The van der Waals surface area contributed by atoms with E-state index in [1.165, 1.54) is 16.0 Å². The van der Waals surface area contributed by atoms with Crippen LogP contribution < -0.4 is 19.7 Å². The number of rotatable bonds is 13. The number of carbonyl (C=O) groups is 2. The minimum atomic E-state index is -0.783. The molecule has 178 valence electrons. The van der Waals surface area contributed by atoms with Gasteiger partial charge in [-0.1, -0.05) is 30.3 Å². The van der Waals surface area contributed by atoms with Crippen molar-refractivity contribution in [2.24, 2.45) is 0 Å². The van der Waals surface area contributed by atoms with Gasteiger partial charge in [-0.25, -0.2) is 0 Å². The first-order valence-electron chi connectivity index (χ1n) is 11.3. The molecule has 33 heavy (non-hydrogen) atoms. The van der Waals surface area contributed by atoms with Crippen molar-refractivity contribution in [1.29, 1.82) is 0 Å². The second kappa shape index (κ2) is 12.3. The quantitative estimate of drug-likeness (QED) is 0.444. The smallest absolute Gasteiger partial charge is 0.214 e. The summed E-state index contributed by atoms with van der Waals surface area (Å²) < 4.78 is 11.5. The first kappa shape index (κ1) is 24.7. The third-order valence-corrected chi connectivity index (χ3v) is 5.61. The molecule has 8 heteroatoms. The Kier molecular flexibility index (Phi) is 9.24. The Morgan fingerprint density at radius 1 is 1.12 bits per heavy atom. The molecule has 0 radical (unpaired) electrons. The van der Waals surface area contributed by atoms with Gasteiger partial charge >= 0.3 is 0 Å². The van der Waals surface area contributed by atoms with E-state index in [4.69, 9.17) is 9.47 Å². The number of aliphatic hydroxyl groups excluding tert-OH is 1. The zero-order valence-electron chi connectivity index (χ0n) is 19.3. The zero-order chi connectivity index (χ0) is 23.6. The Morgan fingerprint density at radius 3 is 2.61 bits per heavy atom. The van der Waals surface area contributed by atoms with Crippen molar-refractivity contribution in [2.45, 2.75) is 32.1 Å². The molecule has 2 aromatic rings. The maximum atomic E-state index is 11.6. The minimum Gasteiger partial charge on any atom is -0.492 e. The maximum Gasteiger partial charge on any atom is 0.214 e. The lowest BCUT2D eigenvalue weighted by Crippen LogP contribution is -2.43. The van der Waals surface area contributed by atoms with Crippen molar-refractivity contribution < 1.29 is 24.2 Å². The first-order chi connectivity index (χ1) is 16.0. The highest BCUT2D eigenvalue weighted by Crippen LogP contribution is 2.37. The summed E-state index contributed by atoms with van der Waals surface area (Å²) in [6, 6.07) is 13.6. The van der Waals surface area contributed by atoms with Gasteiger partial charge < -0.3 is 24.8 Å². The van der Waals surface area contributed by atoms with E-state index in [2.05, 4.69) is 28.4 Å². The Hall–Kier alpha value is -2.94. The molecular weight excluding hydrogens is 422 g/mol. The van der Waals surface area contributed by atoms with Gasteiger partial charge in [0.15, 0.2) is 12.4 Å². The highest BCUT2D eigenvalue weighted by molar-refractivity contribution is 5.82. The second-order valence-corrected chi connectivity index (χ2v) is 8.11. The number of nitrogens with zero attached hydrogens (tertiary/aromatic N) is 2. The van der Waals surface area contributed by atoms with Gasteiger partial charge in [0, 0.05) is 39.8 Å². The summed E-state index contributed by atoms with van der Waals surface area (Å²) in [7, 11) is 1.60. The van der Waals surface area contributed by atoms with Crippen LogP contribution in [0.15, 0.2) is 42.5 Å². The molecule has 0 spiro atoms. The molecule has 0 bridgehead atoms. The summed E-state index contributed by atoms with van der Waals surface area (Å²) in [4.78, 5) is 26.6. The second-order valence-electron chi connectivity index (χ2n) is 8.11. The molecule has 3 rings (SSSR count). The molecule has 1 aliphatic heterocycles. The zero-order valence-corrected chi connectivity index (χ0v) is 19.3. The Bertz CT molecular complexity index is 923. The van der Waals surface area contributed by atoms with Crippen molar-refractivity contribution in [3.63, 3.8) is 0 Å². The molecule has 2 aromatic carbocycles. The summed E-state index contributed by atoms with van der Waals surface area (Å²) in [6.07, 6.45) is 0.999. The fraction of sp³-hybridized carbons (Fsp3) is 0.440. The van der Waals surface area contributed by atoms with Crippen molar-refractivity contribution in [3.8, 4) is 11.5 Å². The number of fused-ring (bicyclic) bond motifs is 1. The molecule has 8 nitrogen and oxygen atoms in total. The topological polar surface area (TPSA) is 91.3 Å². The number of ether oxygens (including phenoxy) is 2. The third kappa shape index (κ3) is 6.77. The molecule has 0 saturated carbocycles. The van der Waals surface area contributed by atoms with Gasteiger partial charge in [-0.05, 0) is 36.6 Å². The predicted molar refractivity (Wildman–Crippen MR) is 127 cm³/mol. The van der Waals surface area contributed by atoms with Crippen molar-refractivity contribution >= 4 is 18.4 Å². The molecule has 1 heterocycles. The molecular formula is C25H33N3O5. The minimum absolute atomic E-state index is 0.229. The molecule has 0 fully saturated rings. The van der Waals surface area contributed by atoms with Gasteiger partial charge in [-0.15, -0.1) is 0 Å². The number of hydrogen-bond donors (Lipinski definition) is 2. The predicted octanol–water partition coefficient (Wildman–Crippen LogP) is 1.63. The summed E-state index contributed by atoms with van der Waals surface area (Å²) >= 11 is 0. The summed E-state index contributed by atoms with van der Waals surface area (Å²) in [5.74, 6) is 0.878. The molecule has 0 saturated heterocycles. The normalized spacial score (nSPS) is 15.2. The monoisotopic (exact) mass is 455 g/mol. The molecule has 2 N–H and O–H groups in total. The van der Waals surface area contributed by atoms with Gasteiger partial charge in [0.25, 0.3) is 0 Å². The number of hydrogen-bond acceptors (Lipinski definition) is 7. The molecule has 0 aromatic heterocycles. The van der Waals surface area contributed by atoms with Crippen LogP contribution in [0.1, 0.15) is 18.1 Å². The summed E-state index contributed by atoms with van der Waals surface area (Å²) in [6.45, 7) is 5.15. The van der Waals surface area contributed by atoms with Crippen LogP contribution in [-0.2, 0) is 22.6 Å². The summed E-state index contributed by atoms with van der Waals surface area (Å²) in [5, 5.41) is 13.6. The van der Waals surface area contributed by atoms with Crippen LogP contribution in [0.3, 0.4) is 0 Å². The fourth-order valence-electron chi connectivity index (χ4n) is 4.02. The number of para-hydroxylation sites is 1. The van der Waals surface area contributed by atoms with E-state index in [1.807, 2.05) is 13.0 Å². The van der Waals surface area contributed by atoms with E-state index in [0.29, 0.717) is 49.6 Å². The Balaban J connectivity index is 1.51. The van der Waals surface area contributed by atoms with E-state index >= 15 is 0 Å². The number of β-amino-alcohol motifs (C(OH)–C–C–N with tert-alkyl or cyclic N) is 1. The number of carbonyl (C=O) groups excluding carboxylic acids is 2. The first-order valence-corrected chi connectivity index (χ1v) is 11.3. The highest BCUT2D eigenvalue weighted by Gasteiger charge is 2.20. The number of benzene rings is 2. The number of anilines is 1. The van der Waals surface area contributed by atoms with Gasteiger partial charge in [0.05, 0.1) is 12.7 Å². The maximum absolute atomic E-state index is 11.6. The van der Waals surface area contributed by atoms with E-state index in [9.17, 15) is 14.7 Å². The number of nitrogens with one attached hydrogen (secondary N) is 1. The van der Waals surface area contributed by atoms with Crippen LogP contribution >= 0.6 is 0 Å². The van der Waals surface area contributed by atoms with E-state index < -0.39 is 12.2 Å². The van der Waals surface area contributed by atoms with Crippen molar-refractivity contribution in [3.05, 3.63) is 53.6 Å². The molecule has 2 atom stereocenters. The number of aldehydes is 1.